The van der Waals surface area contributed by atoms with Gasteiger partial charge in [-0.25, -0.2) is 0 Å². The third-order valence-electron chi connectivity index (χ3n) is 10.2. The molecule has 0 spiro atoms. The summed E-state index contributed by atoms with van der Waals surface area (Å²) in [7, 11) is 0. The van der Waals surface area contributed by atoms with Crippen LogP contribution in [0.3, 0.4) is 0 Å². The maximum Gasteiger partial charge on any atom is 0.0541 e. The monoisotopic (exact) mass is 308 g/mol. The molecule has 0 radical (unpaired) electrons. The minimum absolute atomic E-state index is 0.0562. The average molecular weight is 309 g/mol. The molecule has 0 N–H and O–H groups in total. The lowest BCUT2D eigenvalue weighted by Crippen LogP contribution is -2.53. The number of hydrogen-bond acceptors (Lipinski definition) is 0. The van der Waals surface area contributed by atoms with Crippen LogP contribution in [0.2, 0.25) is 0 Å². The molecule has 6 atom stereocenters. The molecule has 4 saturated carbocycles. The van der Waals surface area contributed by atoms with E-state index in [-0.39, 0.29) is 4.87 Å². The lowest BCUT2D eigenvalue weighted by atomic mass is 9.55. The highest BCUT2D eigenvalue weighted by atomic mass is 35.5. The molecule has 0 nitrogen and oxygen atoms in total. The van der Waals surface area contributed by atoms with Crippen molar-refractivity contribution in [2.24, 2.45) is 39.4 Å². The van der Waals surface area contributed by atoms with E-state index >= 15 is 0 Å². The van der Waals surface area contributed by atoms with Crippen LogP contribution in [-0.4, -0.2) is 4.87 Å². The van der Waals surface area contributed by atoms with Crippen molar-refractivity contribution in [2.75, 3.05) is 0 Å². The van der Waals surface area contributed by atoms with Crippen molar-refractivity contribution < 1.29 is 0 Å². The lowest BCUT2D eigenvalue weighted by Gasteiger charge is -2.54. The van der Waals surface area contributed by atoms with E-state index in [1.807, 2.05) is 0 Å². The normalized spacial score (nSPS) is 59.9. The smallest absolute Gasteiger partial charge is 0.0541 e. The van der Waals surface area contributed by atoms with Gasteiger partial charge >= 0.3 is 0 Å². The predicted molar refractivity (Wildman–Crippen MR) is 90.5 cm³/mol. The standard InChI is InChI=1S/C20H33Cl/c1-16(2)13-7-9-18(16,5)15(11-13)20(21)12-14-8-10-19(20,6)17(14,3)4/h13-15H,7-12H2,1-6H3. The first-order chi connectivity index (χ1) is 9.51. The van der Waals surface area contributed by atoms with Gasteiger partial charge in [-0.1, -0.05) is 41.5 Å². The molecule has 120 valence electrons. The highest BCUT2D eigenvalue weighted by Gasteiger charge is 2.75. The molecule has 1 heteroatoms. The van der Waals surface area contributed by atoms with Gasteiger partial charge in [0.15, 0.2) is 0 Å². The third-order valence-corrected chi connectivity index (χ3v) is 11.1. The zero-order valence-electron chi connectivity index (χ0n) is 14.9. The number of hydrogen-bond donors (Lipinski definition) is 0. The van der Waals surface area contributed by atoms with Crippen LogP contribution >= 0.6 is 11.6 Å². The van der Waals surface area contributed by atoms with Crippen molar-refractivity contribution in [1.82, 2.24) is 0 Å². The highest BCUT2D eigenvalue weighted by Crippen LogP contribution is 2.80. The van der Waals surface area contributed by atoms with E-state index in [1.165, 1.54) is 38.5 Å². The van der Waals surface area contributed by atoms with Crippen molar-refractivity contribution in [3.63, 3.8) is 0 Å². The first kappa shape index (κ1) is 14.9. The van der Waals surface area contributed by atoms with Crippen molar-refractivity contribution in [2.45, 2.75) is 84.9 Å². The Bertz CT molecular complexity index is 492. The van der Waals surface area contributed by atoms with E-state index in [0.29, 0.717) is 21.7 Å². The minimum Gasteiger partial charge on any atom is -0.118 e. The fourth-order valence-corrected chi connectivity index (χ4v) is 8.56. The lowest BCUT2D eigenvalue weighted by molar-refractivity contribution is 0.0114. The zero-order chi connectivity index (χ0) is 15.5. The molecule has 0 heterocycles. The van der Waals surface area contributed by atoms with E-state index < -0.39 is 0 Å². The molecular formula is C20H33Cl. The summed E-state index contributed by atoms with van der Waals surface area (Å²) >= 11 is 7.61. The molecule has 4 fully saturated rings. The Labute approximate surface area is 136 Å². The fraction of sp³-hybridized carbons (Fsp3) is 1.00. The van der Waals surface area contributed by atoms with Crippen molar-refractivity contribution in [1.29, 1.82) is 0 Å². The van der Waals surface area contributed by atoms with Crippen LogP contribution in [0.1, 0.15) is 80.1 Å². The van der Waals surface area contributed by atoms with Gasteiger partial charge in [0.25, 0.3) is 0 Å². The van der Waals surface area contributed by atoms with E-state index in [4.69, 9.17) is 11.6 Å². The van der Waals surface area contributed by atoms with Crippen LogP contribution < -0.4 is 0 Å². The molecule has 4 aliphatic carbocycles. The Morgan fingerprint density at radius 1 is 0.810 bits per heavy atom. The van der Waals surface area contributed by atoms with Crippen LogP contribution in [0.15, 0.2) is 0 Å². The molecule has 0 saturated heterocycles. The summed E-state index contributed by atoms with van der Waals surface area (Å²) in [6.07, 6.45) is 8.29. The number of halogens is 1. The van der Waals surface area contributed by atoms with E-state index in [2.05, 4.69) is 41.5 Å². The summed E-state index contributed by atoms with van der Waals surface area (Å²) in [5.74, 6) is 2.50. The van der Waals surface area contributed by atoms with Gasteiger partial charge in [-0.05, 0) is 77.9 Å². The maximum absolute atomic E-state index is 7.61. The van der Waals surface area contributed by atoms with Gasteiger partial charge in [-0.2, -0.15) is 0 Å². The molecule has 0 amide bonds. The van der Waals surface area contributed by atoms with Gasteiger partial charge < -0.3 is 0 Å². The van der Waals surface area contributed by atoms with E-state index in [1.54, 1.807) is 0 Å². The minimum atomic E-state index is 0.0562. The SMILES string of the molecule is CC1(C)C2CCC1(C)C(C1(Cl)CC3CCC1(C)C3(C)C)C2. The molecule has 4 aliphatic rings. The predicted octanol–water partition coefficient (Wildman–Crippen LogP) is 6.27. The van der Waals surface area contributed by atoms with Gasteiger partial charge in [0, 0.05) is 0 Å². The first-order valence-electron chi connectivity index (χ1n) is 9.20. The number of fused-ring (bicyclic) bond motifs is 4. The van der Waals surface area contributed by atoms with Crippen molar-refractivity contribution in [3.05, 3.63) is 0 Å². The molecule has 0 aromatic rings. The molecule has 0 aliphatic heterocycles. The molecule has 0 aromatic heterocycles. The summed E-state index contributed by atoms with van der Waals surface area (Å²) in [5.41, 5.74) is 1.71. The average Bonchev–Trinajstić information content (AvgIpc) is 2.88. The fourth-order valence-electron chi connectivity index (χ4n) is 7.70. The molecular weight excluding hydrogens is 276 g/mol. The van der Waals surface area contributed by atoms with Gasteiger partial charge in [0.1, 0.15) is 0 Å². The third kappa shape index (κ3) is 1.30. The Balaban J connectivity index is 1.79. The van der Waals surface area contributed by atoms with E-state index in [0.717, 1.165) is 17.8 Å². The molecule has 4 bridgehead atoms. The summed E-state index contributed by atoms with van der Waals surface area (Å²) in [6.45, 7) is 15.2. The van der Waals surface area contributed by atoms with Gasteiger partial charge in [-0.3, -0.25) is 0 Å². The Morgan fingerprint density at radius 3 is 1.81 bits per heavy atom. The second-order valence-corrected chi connectivity index (χ2v) is 11.2. The number of rotatable bonds is 1. The largest absolute Gasteiger partial charge is 0.118 e. The molecule has 4 rings (SSSR count). The first-order valence-corrected chi connectivity index (χ1v) is 9.57. The highest BCUT2D eigenvalue weighted by molar-refractivity contribution is 6.25. The zero-order valence-corrected chi connectivity index (χ0v) is 15.6. The van der Waals surface area contributed by atoms with Gasteiger partial charge in [0.2, 0.25) is 0 Å². The second kappa shape index (κ2) is 3.68. The summed E-state index contributed by atoms with van der Waals surface area (Å²) < 4.78 is 0. The van der Waals surface area contributed by atoms with Crippen LogP contribution in [0.5, 0.6) is 0 Å². The summed E-state index contributed by atoms with van der Waals surface area (Å²) in [4.78, 5) is 0.0562. The number of alkyl halides is 1. The maximum atomic E-state index is 7.61. The van der Waals surface area contributed by atoms with Crippen molar-refractivity contribution in [3.8, 4) is 0 Å². The Hall–Kier alpha value is 0.290. The van der Waals surface area contributed by atoms with E-state index in [9.17, 15) is 0 Å². The van der Waals surface area contributed by atoms with Crippen molar-refractivity contribution >= 4 is 11.6 Å². The van der Waals surface area contributed by atoms with Crippen LogP contribution in [-0.2, 0) is 0 Å². The van der Waals surface area contributed by atoms with Gasteiger partial charge in [0.05, 0.1) is 4.87 Å². The second-order valence-electron chi connectivity index (χ2n) is 10.5. The van der Waals surface area contributed by atoms with Crippen LogP contribution in [0.25, 0.3) is 0 Å². The summed E-state index contributed by atoms with van der Waals surface area (Å²) in [6, 6.07) is 0. The van der Waals surface area contributed by atoms with Gasteiger partial charge in [-0.15, -0.1) is 11.6 Å². The van der Waals surface area contributed by atoms with Crippen LogP contribution in [0.4, 0.5) is 0 Å². The Kier molecular flexibility index (Phi) is 2.60. The topological polar surface area (TPSA) is 0 Å². The molecule has 21 heavy (non-hydrogen) atoms. The summed E-state index contributed by atoms with van der Waals surface area (Å²) in [5, 5.41) is 0. The quantitative estimate of drug-likeness (QED) is 0.501. The molecule has 6 unspecified atom stereocenters. The molecule has 0 aromatic carbocycles. The Morgan fingerprint density at radius 2 is 1.43 bits per heavy atom. The van der Waals surface area contributed by atoms with Crippen LogP contribution in [0, 0.1) is 39.4 Å².